The highest BCUT2D eigenvalue weighted by Gasteiger charge is 2.34. The van der Waals surface area contributed by atoms with Crippen LogP contribution in [0.25, 0.3) is 0 Å². The number of hydrogen-bond donors (Lipinski definition) is 1. The Kier molecular flexibility index (Phi) is 4.63. The van der Waals surface area contributed by atoms with Gasteiger partial charge in [-0.15, -0.1) is 0 Å². The number of hydrogen-bond acceptors (Lipinski definition) is 3. The molecule has 0 radical (unpaired) electrons. The summed E-state index contributed by atoms with van der Waals surface area (Å²) in [4.78, 5) is 13.5. The second-order valence-corrected chi connectivity index (χ2v) is 6.14. The number of nitrogens with zero attached hydrogens (tertiary/aromatic N) is 1. The van der Waals surface area contributed by atoms with Crippen molar-refractivity contribution >= 4 is 5.97 Å². The molecule has 0 bridgehead atoms. The lowest BCUT2D eigenvalue weighted by molar-refractivity contribution is -0.142. The third-order valence-electron chi connectivity index (χ3n) is 4.34. The van der Waals surface area contributed by atoms with Crippen LogP contribution in [0.4, 0.5) is 0 Å². The second kappa shape index (κ2) is 6.84. The van der Waals surface area contributed by atoms with E-state index in [1.807, 2.05) is 61.5 Å². The molecule has 0 spiro atoms. The summed E-state index contributed by atoms with van der Waals surface area (Å²) >= 11 is 0. The quantitative estimate of drug-likeness (QED) is 0.916. The van der Waals surface area contributed by atoms with Crippen molar-refractivity contribution in [3.8, 4) is 11.5 Å². The lowest BCUT2D eigenvalue weighted by Gasteiger charge is -2.18. The molecule has 3 rings (SSSR count). The van der Waals surface area contributed by atoms with E-state index >= 15 is 0 Å². The number of carboxylic acid groups (broad SMARTS) is 1. The maximum absolute atomic E-state index is 11.3. The molecule has 1 heterocycles. The second-order valence-electron chi connectivity index (χ2n) is 6.14. The van der Waals surface area contributed by atoms with Crippen molar-refractivity contribution in [3.63, 3.8) is 0 Å². The van der Waals surface area contributed by atoms with Crippen molar-refractivity contribution in [2.24, 2.45) is 11.8 Å². The third kappa shape index (κ3) is 3.71. The van der Waals surface area contributed by atoms with Gasteiger partial charge in [0, 0.05) is 25.2 Å². The third-order valence-corrected chi connectivity index (χ3v) is 4.34. The number of para-hydroxylation sites is 2. The Morgan fingerprint density at radius 1 is 1.13 bits per heavy atom. The van der Waals surface area contributed by atoms with Gasteiger partial charge in [0.05, 0.1) is 5.92 Å². The summed E-state index contributed by atoms with van der Waals surface area (Å²) < 4.78 is 5.98. The molecule has 1 saturated heterocycles. The Bertz CT molecular complexity index is 671. The van der Waals surface area contributed by atoms with E-state index in [1.54, 1.807) is 0 Å². The summed E-state index contributed by atoms with van der Waals surface area (Å²) in [5, 5.41) is 9.27. The summed E-state index contributed by atoms with van der Waals surface area (Å²) in [5.41, 5.74) is 1.08. The SMILES string of the molecule is C[C@@H]1CN(Cc2ccccc2Oc2ccccc2)C[C@H]1C(=O)O. The first kappa shape index (κ1) is 15.6. The van der Waals surface area contributed by atoms with Crippen LogP contribution in [-0.4, -0.2) is 29.1 Å². The average molecular weight is 311 g/mol. The van der Waals surface area contributed by atoms with Gasteiger partial charge in [0.15, 0.2) is 0 Å². The molecule has 1 N–H and O–H groups in total. The number of likely N-dealkylation sites (tertiary alicyclic amines) is 1. The van der Waals surface area contributed by atoms with Crippen LogP contribution in [0.15, 0.2) is 54.6 Å². The zero-order valence-electron chi connectivity index (χ0n) is 13.2. The van der Waals surface area contributed by atoms with Crippen LogP contribution in [0.3, 0.4) is 0 Å². The highest BCUT2D eigenvalue weighted by atomic mass is 16.5. The maximum atomic E-state index is 11.3. The number of carboxylic acids is 1. The monoisotopic (exact) mass is 311 g/mol. The fraction of sp³-hybridized carbons (Fsp3) is 0.316. The fourth-order valence-electron chi connectivity index (χ4n) is 3.11. The van der Waals surface area contributed by atoms with Crippen molar-refractivity contribution < 1.29 is 14.6 Å². The van der Waals surface area contributed by atoms with Gasteiger partial charge >= 0.3 is 5.97 Å². The lowest BCUT2D eigenvalue weighted by atomic mass is 9.99. The Hall–Kier alpha value is -2.33. The van der Waals surface area contributed by atoms with Gasteiger partial charge in [-0.05, 0) is 24.1 Å². The molecular weight excluding hydrogens is 290 g/mol. The number of rotatable bonds is 5. The largest absolute Gasteiger partial charge is 0.481 e. The lowest BCUT2D eigenvalue weighted by Crippen LogP contribution is -2.23. The van der Waals surface area contributed by atoms with Gasteiger partial charge in [-0.3, -0.25) is 9.69 Å². The number of carbonyl (C=O) groups is 1. The van der Waals surface area contributed by atoms with E-state index in [0.29, 0.717) is 13.1 Å². The first-order valence-corrected chi connectivity index (χ1v) is 7.89. The Morgan fingerprint density at radius 2 is 1.83 bits per heavy atom. The molecule has 2 atom stereocenters. The van der Waals surface area contributed by atoms with Crippen molar-refractivity contribution in [3.05, 3.63) is 60.2 Å². The van der Waals surface area contributed by atoms with Gasteiger partial charge in [0.1, 0.15) is 11.5 Å². The number of aliphatic carboxylic acids is 1. The Morgan fingerprint density at radius 3 is 2.52 bits per heavy atom. The molecule has 0 amide bonds. The molecule has 1 aliphatic heterocycles. The van der Waals surface area contributed by atoms with Gasteiger partial charge in [-0.25, -0.2) is 0 Å². The topological polar surface area (TPSA) is 49.8 Å². The van der Waals surface area contributed by atoms with Crippen molar-refractivity contribution in [2.75, 3.05) is 13.1 Å². The molecule has 4 heteroatoms. The van der Waals surface area contributed by atoms with Crippen molar-refractivity contribution in [1.29, 1.82) is 0 Å². The molecule has 1 fully saturated rings. The Balaban J connectivity index is 1.73. The van der Waals surface area contributed by atoms with Gasteiger partial charge in [-0.2, -0.15) is 0 Å². The molecule has 2 aromatic rings. The van der Waals surface area contributed by atoms with Crippen LogP contribution in [0.5, 0.6) is 11.5 Å². The summed E-state index contributed by atoms with van der Waals surface area (Å²) in [6.07, 6.45) is 0. The zero-order valence-corrected chi connectivity index (χ0v) is 13.2. The van der Waals surface area contributed by atoms with E-state index in [0.717, 1.165) is 23.6 Å². The summed E-state index contributed by atoms with van der Waals surface area (Å²) in [6, 6.07) is 17.6. The van der Waals surface area contributed by atoms with Crippen LogP contribution >= 0.6 is 0 Å². The molecule has 0 unspecified atom stereocenters. The smallest absolute Gasteiger partial charge is 0.308 e. The van der Waals surface area contributed by atoms with Crippen LogP contribution in [0, 0.1) is 11.8 Å². The van der Waals surface area contributed by atoms with Gasteiger partial charge in [-0.1, -0.05) is 43.3 Å². The summed E-state index contributed by atoms with van der Waals surface area (Å²) in [5.74, 6) is 0.823. The van der Waals surface area contributed by atoms with Crippen LogP contribution in [0.1, 0.15) is 12.5 Å². The standard InChI is InChI=1S/C19H21NO3/c1-14-11-20(13-17(14)19(21)22)12-15-7-5-6-10-18(15)23-16-8-3-2-4-9-16/h2-10,14,17H,11-13H2,1H3,(H,21,22)/t14-,17-/m1/s1. The molecule has 120 valence electrons. The normalized spacial score (nSPS) is 21.3. The van der Waals surface area contributed by atoms with E-state index in [-0.39, 0.29) is 11.8 Å². The van der Waals surface area contributed by atoms with E-state index in [2.05, 4.69) is 4.90 Å². The van der Waals surface area contributed by atoms with Crippen molar-refractivity contribution in [2.45, 2.75) is 13.5 Å². The summed E-state index contributed by atoms with van der Waals surface area (Å²) in [7, 11) is 0. The summed E-state index contributed by atoms with van der Waals surface area (Å²) in [6.45, 7) is 4.11. The predicted octanol–water partition coefficient (Wildman–Crippen LogP) is 3.63. The minimum atomic E-state index is -0.700. The van der Waals surface area contributed by atoms with Gasteiger partial charge in [0.25, 0.3) is 0 Å². The molecular formula is C19H21NO3. The minimum absolute atomic E-state index is 0.176. The highest BCUT2D eigenvalue weighted by molar-refractivity contribution is 5.71. The van der Waals surface area contributed by atoms with E-state index in [1.165, 1.54) is 0 Å². The fourth-order valence-corrected chi connectivity index (χ4v) is 3.11. The van der Waals surface area contributed by atoms with Crippen molar-refractivity contribution in [1.82, 2.24) is 4.90 Å². The zero-order chi connectivity index (χ0) is 16.2. The molecule has 0 saturated carbocycles. The molecule has 0 aromatic heterocycles. The highest BCUT2D eigenvalue weighted by Crippen LogP contribution is 2.29. The average Bonchev–Trinajstić information content (AvgIpc) is 2.91. The molecule has 4 nitrogen and oxygen atoms in total. The molecule has 1 aliphatic rings. The van der Waals surface area contributed by atoms with Crippen LogP contribution < -0.4 is 4.74 Å². The van der Waals surface area contributed by atoms with Gasteiger partial charge < -0.3 is 9.84 Å². The number of benzene rings is 2. The Labute approximate surface area is 136 Å². The first-order valence-electron chi connectivity index (χ1n) is 7.89. The van der Waals surface area contributed by atoms with E-state index < -0.39 is 5.97 Å². The molecule has 23 heavy (non-hydrogen) atoms. The first-order chi connectivity index (χ1) is 11.1. The van der Waals surface area contributed by atoms with Gasteiger partial charge in [0.2, 0.25) is 0 Å². The van der Waals surface area contributed by atoms with E-state index in [9.17, 15) is 9.90 Å². The number of ether oxygens (including phenoxy) is 1. The molecule has 2 aromatic carbocycles. The van der Waals surface area contributed by atoms with Crippen LogP contribution in [-0.2, 0) is 11.3 Å². The van der Waals surface area contributed by atoms with E-state index in [4.69, 9.17) is 4.74 Å². The predicted molar refractivity (Wildman–Crippen MR) is 88.5 cm³/mol. The minimum Gasteiger partial charge on any atom is -0.481 e. The maximum Gasteiger partial charge on any atom is 0.308 e. The van der Waals surface area contributed by atoms with Crippen LogP contribution in [0.2, 0.25) is 0 Å². The molecule has 0 aliphatic carbocycles.